The minimum absolute atomic E-state index is 0.190. The average Bonchev–Trinajstić information content (AvgIpc) is 2.98. The number of H-pyrrole nitrogens is 1. The fourth-order valence-electron chi connectivity index (χ4n) is 2.37. The number of para-hydroxylation sites is 1. The molecule has 0 radical (unpaired) electrons. The van der Waals surface area contributed by atoms with Crippen molar-refractivity contribution in [3.8, 4) is 0 Å². The molecule has 0 spiro atoms. The Hall–Kier alpha value is -3.41. The van der Waals surface area contributed by atoms with Gasteiger partial charge < -0.3 is 10.3 Å². The minimum atomic E-state index is -0.349. The molecular weight excluding hydrogens is 304 g/mol. The van der Waals surface area contributed by atoms with Gasteiger partial charge in [-0.05, 0) is 24.3 Å². The summed E-state index contributed by atoms with van der Waals surface area (Å²) in [5.74, 6) is -0.539. The monoisotopic (exact) mass is 320 g/mol. The first kappa shape index (κ1) is 15.5. The zero-order valence-electron chi connectivity index (χ0n) is 13.0. The van der Waals surface area contributed by atoms with Gasteiger partial charge >= 0.3 is 0 Å². The molecule has 0 aliphatic carbocycles. The van der Waals surface area contributed by atoms with Crippen LogP contribution in [0.3, 0.4) is 0 Å². The first-order valence-corrected chi connectivity index (χ1v) is 7.40. The van der Waals surface area contributed by atoms with Crippen LogP contribution in [0.25, 0.3) is 10.9 Å². The second-order valence-corrected chi connectivity index (χ2v) is 5.25. The number of anilines is 1. The molecule has 1 heterocycles. The van der Waals surface area contributed by atoms with E-state index in [0.717, 1.165) is 16.5 Å². The largest absolute Gasteiger partial charge is 0.361 e. The van der Waals surface area contributed by atoms with Crippen molar-refractivity contribution in [2.45, 2.75) is 6.92 Å². The highest BCUT2D eigenvalue weighted by atomic mass is 16.2. The average molecular weight is 320 g/mol. The molecule has 0 bridgehead atoms. The topological polar surface area (TPSA) is 86.3 Å². The molecule has 3 aromatic rings. The molecule has 0 unspecified atom stereocenters. The molecule has 0 aliphatic rings. The van der Waals surface area contributed by atoms with Crippen LogP contribution in [0, 0.1) is 0 Å². The zero-order chi connectivity index (χ0) is 16.9. The number of carbonyl (C=O) groups excluding carboxylic acids is 2. The number of hydrogen-bond donors (Lipinski definition) is 3. The number of carbonyl (C=O) groups is 2. The zero-order valence-corrected chi connectivity index (χ0v) is 13.0. The van der Waals surface area contributed by atoms with Gasteiger partial charge in [0.05, 0.1) is 6.21 Å². The number of fused-ring (bicyclic) bond motifs is 1. The fraction of sp³-hybridized carbons (Fsp3) is 0.0556. The van der Waals surface area contributed by atoms with Gasteiger partial charge in [-0.25, -0.2) is 5.43 Å². The molecule has 2 amide bonds. The van der Waals surface area contributed by atoms with Gasteiger partial charge in [0.1, 0.15) is 0 Å². The lowest BCUT2D eigenvalue weighted by molar-refractivity contribution is -0.114. The summed E-state index contributed by atoms with van der Waals surface area (Å²) in [6, 6.07) is 14.5. The number of benzene rings is 2. The van der Waals surface area contributed by atoms with Crippen molar-refractivity contribution < 1.29 is 9.59 Å². The van der Waals surface area contributed by atoms with Gasteiger partial charge in [-0.1, -0.05) is 24.3 Å². The number of nitrogens with zero attached hydrogens (tertiary/aromatic N) is 1. The number of aromatic amines is 1. The Morgan fingerprint density at radius 2 is 1.96 bits per heavy atom. The Morgan fingerprint density at radius 3 is 2.79 bits per heavy atom. The molecule has 0 saturated carbocycles. The highest BCUT2D eigenvalue weighted by molar-refractivity contribution is 6.00. The van der Waals surface area contributed by atoms with Crippen LogP contribution in [-0.2, 0) is 4.79 Å². The Morgan fingerprint density at radius 1 is 1.12 bits per heavy atom. The van der Waals surface area contributed by atoms with Crippen LogP contribution in [0.5, 0.6) is 0 Å². The number of rotatable bonds is 4. The van der Waals surface area contributed by atoms with Gasteiger partial charge in [-0.2, -0.15) is 5.10 Å². The number of hydrogen-bond acceptors (Lipinski definition) is 3. The summed E-state index contributed by atoms with van der Waals surface area (Å²) in [5, 5.41) is 7.67. The third kappa shape index (κ3) is 3.49. The van der Waals surface area contributed by atoms with E-state index in [-0.39, 0.29) is 11.8 Å². The van der Waals surface area contributed by atoms with Crippen LogP contribution in [0.4, 0.5) is 5.69 Å². The molecule has 2 aromatic carbocycles. The molecule has 24 heavy (non-hydrogen) atoms. The highest BCUT2D eigenvalue weighted by Gasteiger charge is 2.06. The van der Waals surface area contributed by atoms with Crippen LogP contribution >= 0.6 is 0 Å². The Bertz CT molecular complexity index is 927. The van der Waals surface area contributed by atoms with Crippen molar-refractivity contribution in [1.82, 2.24) is 10.4 Å². The Kier molecular flexibility index (Phi) is 4.38. The van der Waals surface area contributed by atoms with Crippen molar-refractivity contribution in [2.75, 3.05) is 5.32 Å². The van der Waals surface area contributed by atoms with Crippen LogP contribution in [0.2, 0.25) is 0 Å². The number of aromatic nitrogens is 1. The van der Waals surface area contributed by atoms with Gasteiger partial charge in [0.25, 0.3) is 5.91 Å². The van der Waals surface area contributed by atoms with E-state index in [1.807, 2.05) is 30.5 Å². The van der Waals surface area contributed by atoms with E-state index in [2.05, 4.69) is 20.8 Å². The molecule has 0 saturated heterocycles. The second kappa shape index (κ2) is 6.78. The van der Waals surface area contributed by atoms with E-state index in [0.29, 0.717) is 11.3 Å². The molecule has 0 fully saturated rings. The summed E-state index contributed by atoms with van der Waals surface area (Å²) in [7, 11) is 0. The molecule has 3 rings (SSSR count). The first-order valence-electron chi connectivity index (χ1n) is 7.40. The summed E-state index contributed by atoms with van der Waals surface area (Å²) < 4.78 is 0. The van der Waals surface area contributed by atoms with Gasteiger partial charge in [-0.3, -0.25) is 9.59 Å². The summed E-state index contributed by atoms with van der Waals surface area (Å²) in [5.41, 5.74) is 5.36. The van der Waals surface area contributed by atoms with Crippen LogP contribution in [0.1, 0.15) is 22.8 Å². The van der Waals surface area contributed by atoms with E-state index >= 15 is 0 Å². The molecular formula is C18H16N4O2. The standard InChI is InChI=1S/C18H16N4O2/c1-12(23)21-15-6-4-5-13(9-15)18(24)22-20-11-14-10-19-17-8-3-2-7-16(14)17/h2-11,19H,1H3,(H,21,23)(H,22,24). The summed E-state index contributed by atoms with van der Waals surface area (Å²) in [6.45, 7) is 1.41. The maximum absolute atomic E-state index is 12.1. The maximum Gasteiger partial charge on any atom is 0.271 e. The Labute approximate surface area is 138 Å². The lowest BCUT2D eigenvalue weighted by Gasteiger charge is -2.04. The van der Waals surface area contributed by atoms with Gasteiger partial charge in [0.15, 0.2) is 0 Å². The van der Waals surface area contributed by atoms with Crippen molar-refractivity contribution in [3.63, 3.8) is 0 Å². The van der Waals surface area contributed by atoms with E-state index < -0.39 is 0 Å². The second-order valence-electron chi connectivity index (χ2n) is 5.25. The smallest absolute Gasteiger partial charge is 0.271 e. The minimum Gasteiger partial charge on any atom is -0.361 e. The predicted octanol–water partition coefficient (Wildman–Crippen LogP) is 2.89. The molecule has 6 heteroatoms. The SMILES string of the molecule is CC(=O)Nc1cccc(C(=O)NN=Cc2c[nH]c3ccccc23)c1. The molecule has 6 nitrogen and oxygen atoms in total. The van der Waals surface area contributed by atoms with Crippen LogP contribution in [0.15, 0.2) is 59.8 Å². The van der Waals surface area contributed by atoms with Crippen molar-refractivity contribution in [3.05, 3.63) is 65.9 Å². The number of nitrogens with one attached hydrogen (secondary N) is 3. The van der Waals surface area contributed by atoms with Crippen molar-refractivity contribution in [2.24, 2.45) is 5.10 Å². The maximum atomic E-state index is 12.1. The third-order valence-electron chi connectivity index (χ3n) is 3.44. The normalized spacial score (nSPS) is 10.9. The predicted molar refractivity (Wildman–Crippen MR) is 94.1 cm³/mol. The molecule has 1 aromatic heterocycles. The van der Waals surface area contributed by atoms with Crippen molar-refractivity contribution in [1.29, 1.82) is 0 Å². The van der Waals surface area contributed by atoms with Gasteiger partial charge in [0.2, 0.25) is 5.91 Å². The lowest BCUT2D eigenvalue weighted by Crippen LogP contribution is -2.18. The highest BCUT2D eigenvalue weighted by Crippen LogP contribution is 2.15. The third-order valence-corrected chi connectivity index (χ3v) is 3.44. The first-order chi connectivity index (χ1) is 11.6. The summed E-state index contributed by atoms with van der Waals surface area (Å²) >= 11 is 0. The lowest BCUT2D eigenvalue weighted by atomic mass is 10.2. The number of hydrazone groups is 1. The number of amides is 2. The summed E-state index contributed by atoms with van der Waals surface area (Å²) in [6.07, 6.45) is 3.42. The molecule has 120 valence electrons. The van der Waals surface area contributed by atoms with E-state index in [1.54, 1.807) is 30.5 Å². The van der Waals surface area contributed by atoms with Gasteiger partial charge in [-0.15, -0.1) is 0 Å². The molecule has 0 atom stereocenters. The van der Waals surface area contributed by atoms with Gasteiger partial charge in [0, 0.05) is 40.8 Å². The summed E-state index contributed by atoms with van der Waals surface area (Å²) in [4.78, 5) is 26.3. The van der Waals surface area contributed by atoms with Crippen LogP contribution < -0.4 is 10.7 Å². The van der Waals surface area contributed by atoms with Crippen LogP contribution in [-0.4, -0.2) is 23.0 Å². The van der Waals surface area contributed by atoms with Crippen molar-refractivity contribution >= 4 is 34.6 Å². The van der Waals surface area contributed by atoms with E-state index in [1.165, 1.54) is 6.92 Å². The Balaban J connectivity index is 1.70. The van der Waals surface area contributed by atoms with E-state index in [9.17, 15) is 9.59 Å². The molecule has 0 aliphatic heterocycles. The fourth-order valence-corrected chi connectivity index (χ4v) is 2.37. The molecule has 3 N–H and O–H groups in total. The quantitative estimate of drug-likeness (QED) is 0.510. The van der Waals surface area contributed by atoms with E-state index in [4.69, 9.17) is 0 Å².